The summed E-state index contributed by atoms with van der Waals surface area (Å²) in [6.07, 6.45) is -3.02. The molecule has 5 heteroatoms. The maximum Gasteiger partial charge on any atom is 0.417 e. The first-order valence-corrected chi connectivity index (χ1v) is 4.98. The summed E-state index contributed by atoms with van der Waals surface area (Å²) in [5.41, 5.74) is -0.249. The van der Waals surface area contributed by atoms with Crippen molar-refractivity contribution in [3.63, 3.8) is 0 Å². The van der Waals surface area contributed by atoms with E-state index in [9.17, 15) is 18.0 Å². The van der Waals surface area contributed by atoms with Crippen molar-refractivity contribution in [2.75, 3.05) is 0 Å². The Balaban J connectivity index is 2.91. The quantitative estimate of drug-likeness (QED) is 0.701. The zero-order valence-electron chi connectivity index (χ0n) is 9.30. The van der Waals surface area contributed by atoms with E-state index in [1.165, 1.54) is 23.8 Å². The van der Waals surface area contributed by atoms with Gasteiger partial charge in [0.2, 0.25) is 0 Å². The van der Waals surface area contributed by atoms with Crippen molar-refractivity contribution >= 4 is 16.7 Å². The van der Waals surface area contributed by atoms with Crippen LogP contribution in [-0.2, 0) is 13.2 Å². The minimum absolute atomic E-state index is 0.0185. The van der Waals surface area contributed by atoms with Gasteiger partial charge in [-0.2, -0.15) is 13.2 Å². The van der Waals surface area contributed by atoms with Crippen molar-refractivity contribution in [3.05, 3.63) is 35.5 Å². The van der Waals surface area contributed by atoms with E-state index in [1.54, 1.807) is 13.1 Å². The molecule has 2 rings (SSSR count). The van der Waals surface area contributed by atoms with E-state index in [1.807, 2.05) is 0 Å². The van der Waals surface area contributed by atoms with Gasteiger partial charge in [0, 0.05) is 29.7 Å². The van der Waals surface area contributed by atoms with E-state index in [2.05, 4.69) is 0 Å². The van der Waals surface area contributed by atoms with Crippen molar-refractivity contribution in [3.8, 4) is 0 Å². The Morgan fingerprint density at radius 2 is 1.94 bits per heavy atom. The van der Waals surface area contributed by atoms with Gasteiger partial charge in [0.1, 0.15) is 0 Å². The summed E-state index contributed by atoms with van der Waals surface area (Å²) in [7, 11) is 1.62. The fraction of sp³-hybridized carbons (Fsp3) is 0.250. The number of alkyl halides is 3. The first-order chi connectivity index (χ1) is 7.82. The summed E-state index contributed by atoms with van der Waals surface area (Å²) >= 11 is 0. The second-order valence-electron chi connectivity index (χ2n) is 3.91. The number of Topliss-reactive ketones (excluding diaryl/α,β-unsaturated/α-hetero) is 1. The van der Waals surface area contributed by atoms with Crippen molar-refractivity contribution in [2.45, 2.75) is 13.1 Å². The average Bonchev–Trinajstić information content (AvgIpc) is 2.55. The Morgan fingerprint density at radius 1 is 1.29 bits per heavy atom. The smallest absolute Gasteiger partial charge is 0.350 e. The van der Waals surface area contributed by atoms with Crippen LogP contribution < -0.4 is 0 Å². The van der Waals surface area contributed by atoms with Gasteiger partial charge < -0.3 is 4.57 Å². The number of hydrogen-bond acceptors (Lipinski definition) is 1. The fourth-order valence-corrected chi connectivity index (χ4v) is 1.95. The summed E-state index contributed by atoms with van der Waals surface area (Å²) in [6, 6.07) is 3.90. The standard InChI is InChI=1S/C12H10F3NO/c1-7(17)8-6-16(2)10-5-3-4-9(11(8)10)12(13,14)15/h3-6H,1-2H3. The molecular formula is C12H10F3NO. The third-order valence-electron chi connectivity index (χ3n) is 2.70. The highest BCUT2D eigenvalue weighted by molar-refractivity contribution is 6.08. The number of benzene rings is 1. The Kier molecular flexibility index (Phi) is 2.49. The van der Waals surface area contributed by atoms with Gasteiger partial charge in [0.25, 0.3) is 0 Å². The molecule has 0 atom stereocenters. The lowest BCUT2D eigenvalue weighted by molar-refractivity contribution is -0.136. The number of hydrogen-bond donors (Lipinski definition) is 0. The molecule has 0 aliphatic heterocycles. The monoisotopic (exact) mass is 241 g/mol. The van der Waals surface area contributed by atoms with Crippen molar-refractivity contribution < 1.29 is 18.0 Å². The van der Waals surface area contributed by atoms with E-state index >= 15 is 0 Å². The fourth-order valence-electron chi connectivity index (χ4n) is 1.95. The zero-order chi connectivity index (χ0) is 12.8. The molecule has 0 radical (unpaired) electrons. The molecule has 0 aliphatic carbocycles. The van der Waals surface area contributed by atoms with Gasteiger partial charge in [-0.05, 0) is 19.1 Å². The predicted octanol–water partition coefficient (Wildman–Crippen LogP) is 3.40. The topological polar surface area (TPSA) is 22.0 Å². The minimum Gasteiger partial charge on any atom is -0.350 e. The summed E-state index contributed by atoms with van der Waals surface area (Å²) in [5.74, 6) is -0.368. The Hall–Kier alpha value is -1.78. The number of carbonyl (C=O) groups excluding carboxylic acids is 1. The number of rotatable bonds is 1. The van der Waals surface area contributed by atoms with Crippen LogP contribution in [0, 0.1) is 0 Å². The van der Waals surface area contributed by atoms with Gasteiger partial charge in [0.05, 0.1) is 5.56 Å². The maximum atomic E-state index is 12.8. The molecule has 0 amide bonds. The van der Waals surface area contributed by atoms with Crippen LogP contribution in [0.2, 0.25) is 0 Å². The second kappa shape index (κ2) is 3.61. The summed E-state index contributed by atoms with van der Waals surface area (Å²) in [4.78, 5) is 11.4. The molecule has 0 spiro atoms. The molecule has 1 heterocycles. The van der Waals surface area contributed by atoms with Crippen LogP contribution in [0.5, 0.6) is 0 Å². The van der Waals surface area contributed by atoms with Gasteiger partial charge in [-0.1, -0.05) is 6.07 Å². The Labute approximate surface area is 95.7 Å². The first-order valence-electron chi connectivity index (χ1n) is 4.98. The lowest BCUT2D eigenvalue weighted by Gasteiger charge is -2.09. The Bertz CT molecular complexity index is 596. The molecule has 0 bridgehead atoms. The number of ketones is 1. The molecule has 0 N–H and O–H groups in total. The van der Waals surface area contributed by atoms with Gasteiger partial charge in [0.15, 0.2) is 5.78 Å². The Morgan fingerprint density at radius 3 is 2.47 bits per heavy atom. The van der Waals surface area contributed by atoms with Crippen molar-refractivity contribution in [1.82, 2.24) is 4.57 Å². The van der Waals surface area contributed by atoms with Crippen LogP contribution in [0.25, 0.3) is 10.9 Å². The van der Waals surface area contributed by atoms with Crippen molar-refractivity contribution in [1.29, 1.82) is 0 Å². The summed E-state index contributed by atoms with van der Waals surface area (Å²) in [5, 5.41) is -0.0185. The highest BCUT2D eigenvalue weighted by Crippen LogP contribution is 2.36. The number of aromatic nitrogens is 1. The number of nitrogens with zero attached hydrogens (tertiary/aromatic N) is 1. The third-order valence-corrected chi connectivity index (χ3v) is 2.70. The molecule has 0 unspecified atom stereocenters. The van der Waals surface area contributed by atoms with E-state index in [0.717, 1.165) is 6.07 Å². The third kappa shape index (κ3) is 1.81. The van der Waals surface area contributed by atoms with Crippen LogP contribution in [0.4, 0.5) is 13.2 Å². The molecular weight excluding hydrogens is 231 g/mol. The molecule has 0 fully saturated rings. The molecule has 2 nitrogen and oxygen atoms in total. The minimum atomic E-state index is -4.45. The van der Waals surface area contributed by atoms with E-state index < -0.39 is 11.7 Å². The van der Waals surface area contributed by atoms with Crippen LogP contribution in [-0.4, -0.2) is 10.4 Å². The van der Waals surface area contributed by atoms with Crippen LogP contribution in [0.1, 0.15) is 22.8 Å². The second-order valence-corrected chi connectivity index (χ2v) is 3.91. The molecule has 2 aromatic rings. The average molecular weight is 241 g/mol. The summed E-state index contributed by atoms with van der Waals surface area (Å²) in [6.45, 7) is 1.27. The molecule has 1 aromatic carbocycles. The first kappa shape index (κ1) is 11.7. The van der Waals surface area contributed by atoms with Crippen LogP contribution in [0.15, 0.2) is 24.4 Å². The zero-order valence-corrected chi connectivity index (χ0v) is 9.30. The molecule has 17 heavy (non-hydrogen) atoms. The number of carbonyl (C=O) groups is 1. The van der Waals surface area contributed by atoms with Crippen molar-refractivity contribution in [2.24, 2.45) is 7.05 Å². The lowest BCUT2D eigenvalue weighted by Crippen LogP contribution is -2.06. The van der Waals surface area contributed by atoms with E-state index in [-0.39, 0.29) is 16.7 Å². The van der Waals surface area contributed by atoms with Crippen LogP contribution >= 0.6 is 0 Å². The van der Waals surface area contributed by atoms with E-state index in [0.29, 0.717) is 5.52 Å². The highest BCUT2D eigenvalue weighted by atomic mass is 19.4. The number of halogens is 3. The lowest BCUT2D eigenvalue weighted by atomic mass is 10.0. The van der Waals surface area contributed by atoms with Gasteiger partial charge in [-0.15, -0.1) is 0 Å². The molecule has 0 aliphatic rings. The molecule has 90 valence electrons. The molecule has 1 aromatic heterocycles. The normalized spacial score (nSPS) is 12.1. The van der Waals surface area contributed by atoms with E-state index in [4.69, 9.17) is 0 Å². The predicted molar refractivity (Wildman–Crippen MR) is 57.9 cm³/mol. The SMILES string of the molecule is CC(=O)c1cn(C)c2cccc(C(F)(F)F)c12. The highest BCUT2D eigenvalue weighted by Gasteiger charge is 2.34. The van der Waals surface area contributed by atoms with Gasteiger partial charge in [-0.25, -0.2) is 0 Å². The molecule has 0 saturated carbocycles. The van der Waals surface area contributed by atoms with Gasteiger partial charge >= 0.3 is 6.18 Å². The van der Waals surface area contributed by atoms with Crippen LogP contribution in [0.3, 0.4) is 0 Å². The number of fused-ring (bicyclic) bond motifs is 1. The molecule has 0 saturated heterocycles. The largest absolute Gasteiger partial charge is 0.417 e. The van der Waals surface area contributed by atoms with Gasteiger partial charge in [-0.3, -0.25) is 4.79 Å². The summed E-state index contributed by atoms with van der Waals surface area (Å²) < 4.78 is 40.1. The number of aryl methyl sites for hydroxylation is 1. The maximum absolute atomic E-state index is 12.8.